The molecule has 232 valence electrons. The summed E-state index contributed by atoms with van der Waals surface area (Å²) >= 11 is 0. The van der Waals surface area contributed by atoms with Crippen molar-refractivity contribution in [3.05, 3.63) is 155 Å². The minimum Gasteiger partial charge on any atom is -0.427 e. The fourth-order valence-corrected chi connectivity index (χ4v) is 6.47. The zero-order chi connectivity index (χ0) is 32.0. The molecule has 0 aliphatic carbocycles. The number of carbonyl (C=O) groups is 3. The van der Waals surface area contributed by atoms with Gasteiger partial charge >= 0.3 is 6.16 Å². The van der Waals surface area contributed by atoms with Crippen LogP contribution in [0.25, 0.3) is 11.1 Å². The van der Waals surface area contributed by atoms with Gasteiger partial charge in [-0.25, -0.2) is 4.79 Å². The molecule has 2 aliphatic rings. The Bertz CT molecular complexity index is 1640. The maximum Gasteiger partial charge on any atom is 0.509 e. The summed E-state index contributed by atoms with van der Waals surface area (Å²) in [5.74, 6) is -0.424. The third-order valence-corrected chi connectivity index (χ3v) is 8.51. The zero-order valence-electron chi connectivity index (χ0n) is 25.8. The fourth-order valence-electron chi connectivity index (χ4n) is 6.47. The van der Waals surface area contributed by atoms with E-state index in [1.807, 2.05) is 121 Å². The van der Waals surface area contributed by atoms with Gasteiger partial charge in [0.05, 0.1) is 23.2 Å². The lowest BCUT2D eigenvalue weighted by atomic mass is 9.92. The molecule has 0 bridgehead atoms. The summed E-state index contributed by atoms with van der Waals surface area (Å²) in [5, 5.41) is 6.20. The van der Waals surface area contributed by atoms with Gasteiger partial charge in [0.15, 0.2) is 0 Å². The summed E-state index contributed by atoms with van der Waals surface area (Å²) in [6.07, 6.45) is -1.34. The van der Waals surface area contributed by atoms with Crippen molar-refractivity contribution in [1.29, 1.82) is 0 Å². The van der Waals surface area contributed by atoms with Crippen molar-refractivity contribution >= 4 is 29.1 Å². The van der Waals surface area contributed by atoms with Crippen molar-refractivity contribution in [3.63, 3.8) is 0 Å². The summed E-state index contributed by atoms with van der Waals surface area (Å²) in [6, 6.07) is 37.8. The highest BCUT2D eigenvalue weighted by molar-refractivity contribution is 6.24. The predicted octanol–water partition coefficient (Wildman–Crippen LogP) is 6.31. The molecule has 4 aromatic carbocycles. The molecular weight excluding hydrogens is 576 g/mol. The van der Waals surface area contributed by atoms with Crippen LogP contribution >= 0.6 is 0 Å². The lowest BCUT2D eigenvalue weighted by Gasteiger charge is -2.24. The van der Waals surface area contributed by atoms with Crippen molar-refractivity contribution in [1.82, 2.24) is 10.6 Å². The van der Waals surface area contributed by atoms with Gasteiger partial charge in [0.2, 0.25) is 0 Å². The lowest BCUT2D eigenvalue weighted by Crippen LogP contribution is -2.36. The molecule has 0 radical (unpaired) electrons. The molecule has 6 rings (SSSR count). The Morgan fingerprint density at radius 3 is 1.24 bits per heavy atom. The Labute approximate surface area is 268 Å². The molecule has 4 unspecified atom stereocenters. The van der Waals surface area contributed by atoms with Crippen LogP contribution in [0, 0.1) is 0 Å². The Morgan fingerprint density at radius 1 is 0.565 bits per heavy atom. The normalized spacial score (nSPS) is 19.0. The third-order valence-electron chi connectivity index (χ3n) is 8.51. The molecule has 7 nitrogen and oxygen atoms in total. The number of hydrogen-bond acceptors (Lipinski definition) is 5. The van der Waals surface area contributed by atoms with E-state index in [1.165, 1.54) is 0 Å². The highest BCUT2D eigenvalue weighted by atomic mass is 16.7. The standard InChI is InChI=1S/C39H36N2O5/c1-25(33-31(23-27-15-7-3-8-16-27)40-37(42)35(33)29-19-11-5-12-20-29)45-39(44)46-26(2)34-32(24-28-17-9-4-10-18-28)41-38(43)36(34)30-21-13-6-14-22-30/h3-22,25-26,31-32H,23-24H2,1-2H3,(H,40,42)(H,41,43). The first kappa shape index (κ1) is 30.6. The average Bonchev–Trinajstić information content (AvgIpc) is 3.57. The van der Waals surface area contributed by atoms with Crippen LogP contribution in [-0.4, -0.2) is 42.3 Å². The summed E-state index contributed by atoms with van der Waals surface area (Å²) in [6.45, 7) is 3.52. The molecule has 0 fully saturated rings. The molecule has 4 atom stereocenters. The van der Waals surface area contributed by atoms with E-state index < -0.39 is 18.4 Å². The Hall–Kier alpha value is -5.43. The predicted molar refractivity (Wildman–Crippen MR) is 177 cm³/mol. The first-order valence-electron chi connectivity index (χ1n) is 15.5. The summed E-state index contributed by atoms with van der Waals surface area (Å²) in [7, 11) is 0. The van der Waals surface area contributed by atoms with Gasteiger partial charge in [0.25, 0.3) is 11.8 Å². The van der Waals surface area contributed by atoms with E-state index in [2.05, 4.69) is 10.6 Å². The zero-order valence-corrected chi connectivity index (χ0v) is 25.8. The van der Waals surface area contributed by atoms with Crippen LogP contribution in [0.15, 0.2) is 132 Å². The third kappa shape index (κ3) is 6.64. The van der Waals surface area contributed by atoms with Crippen molar-refractivity contribution < 1.29 is 23.9 Å². The average molecular weight is 613 g/mol. The lowest BCUT2D eigenvalue weighted by molar-refractivity contribution is -0.116. The maximum atomic E-state index is 13.5. The van der Waals surface area contributed by atoms with Crippen LogP contribution in [-0.2, 0) is 31.9 Å². The van der Waals surface area contributed by atoms with E-state index in [0.717, 1.165) is 22.3 Å². The SMILES string of the molecule is CC(OC(=O)OC(C)C1=C(c2ccccc2)C(=O)NC1Cc1ccccc1)C1=C(c2ccccc2)C(=O)NC1Cc1ccccc1. The number of nitrogens with one attached hydrogen (secondary N) is 2. The van der Waals surface area contributed by atoms with Crippen molar-refractivity contribution in [3.8, 4) is 0 Å². The molecule has 2 heterocycles. The molecule has 7 heteroatoms. The number of carbonyl (C=O) groups excluding carboxylic acids is 3. The minimum atomic E-state index is -0.879. The van der Waals surface area contributed by atoms with Gasteiger partial charge in [-0.3, -0.25) is 9.59 Å². The number of benzene rings is 4. The van der Waals surface area contributed by atoms with Crippen LogP contribution in [0.3, 0.4) is 0 Å². The highest BCUT2D eigenvalue weighted by Gasteiger charge is 2.39. The minimum absolute atomic E-state index is 0.212. The van der Waals surface area contributed by atoms with Crippen molar-refractivity contribution in [2.24, 2.45) is 0 Å². The van der Waals surface area contributed by atoms with Gasteiger partial charge in [-0.1, -0.05) is 121 Å². The second-order valence-electron chi connectivity index (χ2n) is 11.6. The van der Waals surface area contributed by atoms with E-state index in [-0.39, 0.29) is 23.9 Å². The summed E-state index contributed by atoms with van der Waals surface area (Å²) < 4.78 is 11.8. The quantitative estimate of drug-likeness (QED) is 0.205. The van der Waals surface area contributed by atoms with Crippen LogP contribution < -0.4 is 10.6 Å². The van der Waals surface area contributed by atoms with Gasteiger partial charge < -0.3 is 20.1 Å². The van der Waals surface area contributed by atoms with Crippen LogP contribution in [0.4, 0.5) is 4.79 Å². The number of hydrogen-bond donors (Lipinski definition) is 2. The monoisotopic (exact) mass is 612 g/mol. The topological polar surface area (TPSA) is 93.7 Å². The molecular formula is C39H36N2O5. The molecule has 0 spiro atoms. The van der Waals surface area contributed by atoms with Gasteiger partial charge in [0.1, 0.15) is 12.2 Å². The van der Waals surface area contributed by atoms with Crippen LogP contribution in [0.5, 0.6) is 0 Å². The Morgan fingerprint density at radius 2 is 0.891 bits per heavy atom. The van der Waals surface area contributed by atoms with E-state index in [9.17, 15) is 14.4 Å². The van der Waals surface area contributed by atoms with Gasteiger partial charge in [0, 0.05) is 11.1 Å². The van der Waals surface area contributed by atoms with Crippen molar-refractivity contribution in [2.75, 3.05) is 0 Å². The maximum absolute atomic E-state index is 13.5. The first-order chi connectivity index (χ1) is 22.4. The summed E-state index contributed by atoms with van der Waals surface area (Å²) in [5.41, 5.74) is 5.97. The largest absolute Gasteiger partial charge is 0.509 e. The second-order valence-corrected chi connectivity index (χ2v) is 11.6. The first-order valence-corrected chi connectivity index (χ1v) is 15.5. The van der Waals surface area contributed by atoms with E-state index >= 15 is 0 Å². The molecule has 4 aromatic rings. The van der Waals surface area contributed by atoms with Gasteiger partial charge in [-0.15, -0.1) is 0 Å². The molecule has 2 N–H and O–H groups in total. The number of amides is 2. The Kier molecular flexibility index (Phi) is 9.10. The van der Waals surface area contributed by atoms with E-state index in [0.29, 0.717) is 35.1 Å². The van der Waals surface area contributed by atoms with E-state index in [1.54, 1.807) is 13.8 Å². The molecule has 46 heavy (non-hydrogen) atoms. The molecule has 2 aliphatic heterocycles. The summed E-state index contributed by atoms with van der Waals surface area (Å²) in [4.78, 5) is 40.1. The second kappa shape index (κ2) is 13.7. The van der Waals surface area contributed by atoms with Gasteiger partial charge in [-0.05, 0) is 48.9 Å². The number of ether oxygens (including phenoxy) is 2. The molecule has 2 amide bonds. The van der Waals surface area contributed by atoms with Crippen LogP contribution in [0.1, 0.15) is 36.1 Å². The molecule has 0 saturated carbocycles. The number of rotatable bonds is 10. The van der Waals surface area contributed by atoms with Crippen LogP contribution in [0.2, 0.25) is 0 Å². The van der Waals surface area contributed by atoms with Crippen molar-refractivity contribution in [2.45, 2.75) is 51.0 Å². The molecule has 0 aromatic heterocycles. The molecule has 0 saturated heterocycles. The fraction of sp³-hybridized carbons (Fsp3) is 0.205. The van der Waals surface area contributed by atoms with E-state index in [4.69, 9.17) is 9.47 Å². The van der Waals surface area contributed by atoms with Gasteiger partial charge in [-0.2, -0.15) is 0 Å². The smallest absolute Gasteiger partial charge is 0.427 e. The Balaban J connectivity index is 1.27. The highest BCUT2D eigenvalue weighted by Crippen LogP contribution is 2.34.